The third kappa shape index (κ3) is 2.41. The summed E-state index contributed by atoms with van der Waals surface area (Å²) < 4.78 is 0. The Morgan fingerprint density at radius 3 is 2.30 bits per heavy atom. The molecule has 0 bridgehead atoms. The third-order valence-corrected chi connectivity index (χ3v) is 4.25. The second-order valence-electron chi connectivity index (χ2n) is 4.57. The molecule has 0 heterocycles. The molecule has 1 unspecified atom stereocenters. The Kier molecular flexibility index (Phi) is 3.71. The fraction of sp³-hybridized carbons (Fsp3) is 0.0556. The molecule has 96 valence electrons. The van der Waals surface area contributed by atoms with Crippen molar-refractivity contribution >= 4 is 22.5 Å². The third-order valence-electron chi connectivity index (χ3n) is 3.38. The summed E-state index contributed by atoms with van der Waals surface area (Å²) in [6, 6.07) is 24.8. The zero-order chi connectivity index (χ0) is 13.8. The first-order valence-electron chi connectivity index (χ1n) is 6.47. The zero-order valence-corrected chi connectivity index (χ0v) is 11.7. The van der Waals surface area contributed by atoms with E-state index in [1.54, 1.807) is 0 Å². The maximum atomic E-state index is 9.14. The molecule has 0 aromatic heterocycles. The van der Waals surface area contributed by atoms with Crippen LogP contribution in [-0.4, -0.2) is 0 Å². The average Bonchev–Trinajstić information content (AvgIpc) is 2.53. The van der Waals surface area contributed by atoms with Crippen LogP contribution in [-0.2, 0) is 0 Å². The van der Waals surface area contributed by atoms with E-state index in [0.29, 0.717) is 0 Å². The van der Waals surface area contributed by atoms with E-state index in [9.17, 15) is 0 Å². The number of nitrogens with zero attached hydrogens (tertiary/aromatic N) is 1. The molecule has 3 rings (SSSR count). The number of fused-ring (bicyclic) bond motifs is 1. The number of hydrogen-bond acceptors (Lipinski definition) is 2. The van der Waals surface area contributed by atoms with Crippen molar-refractivity contribution in [1.29, 1.82) is 5.26 Å². The number of benzene rings is 3. The van der Waals surface area contributed by atoms with Crippen molar-refractivity contribution in [2.24, 2.45) is 0 Å². The molecular weight excluding hydrogens is 262 g/mol. The van der Waals surface area contributed by atoms with Crippen LogP contribution in [0.25, 0.3) is 10.8 Å². The number of hydrogen-bond donors (Lipinski definition) is 0. The SMILES string of the molecule is N#CSC(c1ccccc1)c1cccc2ccccc12. The Morgan fingerprint density at radius 1 is 0.800 bits per heavy atom. The lowest BCUT2D eigenvalue weighted by Gasteiger charge is -2.16. The Morgan fingerprint density at radius 2 is 1.50 bits per heavy atom. The summed E-state index contributed by atoms with van der Waals surface area (Å²) >= 11 is 1.30. The van der Waals surface area contributed by atoms with Crippen molar-refractivity contribution in [3.63, 3.8) is 0 Å². The number of rotatable bonds is 3. The molecule has 2 heteroatoms. The molecule has 0 aliphatic carbocycles. The highest BCUT2D eigenvalue weighted by Crippen LogP contribution is 2.38. The second-order valence-corrected chi connectivity index (χ2v) is 5.46. The molecule has 1 nitrogen and oxygen atoms in total. The van der Waals surface area contributed by atoms with Crippen LogP contribution in [0.4, 0.5) is 0 Å². The highest BCUT2D eigenvalue weighted by atomic mass is 32.2. The van der Waals surface area contributed by atoms with Gasteiger partial charge in [-0.1, -0.05) is 72.8 Å². The second kappa shape index (κ2) is 5.81. The summed E-state index contributed by atoms with van der Waals surface area (Å²) in [4.78, 5) is 0. The van der Waals surface area contributed by atoms with Crippen LogP contribution in [0.3, 0.4) is 0 Å². The molecular formula is C18H13NS. The van der Waals surface area contributed by atoms with Crippen LogP contribution < -0.4 is 0 Å². The van der Waals surface area contributed by atoms with Crippen molar-refractivity contribution in [2.75, 3.05) is 0 Å². The van der Waals surface area contributed by atoms with Crippen LogP contribution in [0.2, 0.25) is 0 Å². The van der Waals surface area contributed by atoms with Gasteiger partial charge in [0, 0.05) is 0 Å². The predicted octanol–water partition coefficient (Wildman–Crippen LogP) is 5.14. The number of thioether (sulfide) groups is 1. The van der Waals surface area contributed by atoms with Gasteiger partial charge in [0.25, 0.3) is 0 Å². The largest absolute Gasteiger partial charge is 0.185 e. The van der Waals surface area contributed by atoms with E-state index in [-0.39, 0.29) is 5.25 Å². The van der Waals surface area contributed by atoms with E-state index >= 15 is 0 Å². The normalized spacial score (nSPS) is 11.9. The smallest absolute Gasteiger partial charge is 0.134 e. The Bertz CT molecular complexity index is 754. The molecule has 0 aliphatic rings. The molecule has 0 fully saturated rings. The minimum atomic E-state index is 0.0484. The van der Waals surface area contributed by atoms with Crippen LogP contribution in [0, 0.1) is 10.7 Å². The summed E-state index contributed by atoms with van der Waals surface area (Å²) in [5.74, 6) is 0. The minimum Gasteiger partial charge on any atom is -0.185 e. The fourth-order valence-corrected chi connectivity index (χ4v) is 3.20. The van der Waals surface area contributed by atoms with E-state index in [0.717, 1.165) is 5.56 Å². The van der Waals surface area contributed by atoms with Crippen molar-refractivity contribution in [3.05, 3.63) is 83.9 Å². The van der Waals surface area contributed by atoms with Gasteiger partial charge >= 0.3 is 0 Å². The van der Waals surface area contributed by atoms with Gasteiger partial charge in [-0.05, 0) is 33.7 Å². The van der Waals surface area contributed by atoms with E-state index in [2.05, 4.69) is 47.9 Å². The van der Waals surface area contributed by atoms with Gasteiger partial charge in [-0.3, -0.25) is 0 Å². The van der Waals surface area contributed by atoms with Gasteiger partial charge in [0.1, 0.15) is 5.40 Å². The van der Waals surface area contributed by atoms with Crippen molar-refractivity contribution < 1.29 is 0 Å². The maximum absolute atomic E-state index is 9.14. The Hall–Kier alpha value is -2.24. The average molecular weight is 275 g/mol. The van der Waals surface area contributed by atoms with Crippen LogP contribution in [0.15, 0.2) is 72.8 Å². The van der Waals surface area contributed by atoms with E-state index < -0.39 is 0 Å². The number of thiocyanates is 1. The first-order valence-corrected chi connectivity index (χ1v) is 7.35. The van der Waals surface area contributed by atoms with Crippen molar-refractivity contribution in [3.8, 4) is 5.40 Å². The lowest BCUT2D eigenvalue weighted by Crippen LogP contribution is -1.96. The zero-order valence-electron chi connectivity index (χ0n) is 10.9. The first kappa shape index (κ1) is 12.8. The van der Waals surface area contributed by atoms with Crippen molar-refractivity contribution in [1.82, 2.24) is 0 Å². The molecule has 0 saturated carbocycles. The Labute approximate surface area is 122 Å². The summed E-state index contributed by atoms with van der Waals surface area (Å²) in [5.41, 5.74) is 2.36. The van der Waals surface area contributed by atoms with Gasteiger partial charge in [-0.15, -0.1) is 0 Å². The summed E-state index contributed by atoms with van der Waals surface area (Å²) in [6.07, 6.45) is 0. The molecule has 1 atom stereocenters. The molecule has 20 heavy (non-hydrogen) atoms. The monoisotopic (exact) mass is 275 g/mol. The standard InChI is InChI=1S/C18H13NS/c19-13-20-18(15-8-2-1-3-9-15)17-12-6-10-14-7-4-5-11-16(14)17/h1-12,18H. The molecule has 3 aromatic carbocycles. The van der Waals surface area contributed by atoms with Gasteiger partial charge in [-0.2, -0.15) is 5.26 Å². The van der Waals surface area contributed by atoms with E-state index in [1.807, 2.05) is 30.3 Å². The molecule has 3 aromatic rings. The predicted molar refractivity (Wildman–Crippen MR) is 85.4 cm³/mol. The molecule has 0 radical (unpaired) electrons. The molecule has 0 saturated heterocycles. The minimum absolute atomic E-state index is 0.0484. The van der Waals surface area contributed by atoms with Crippen LogP contribution in [0.5, 0.6) is 0 Å². The highest BCUT2D eigenvalue weighted by molar-refractivity contribution is 8.04. The van der Waals surface area contributed by atoms with E-state index in [4.69, 9.17) is 5.26 Å². The fourth-order valence-electron chi connectivity index (χ4n) is 2.47. The summed E-state index contributed by atoms with van der Waals surface area (Å²) in [7, 11) is 0. The van der Waals surface area contributed by atoms with Gasteiger partial charge < -0.3 is 0 Å². The van der Waals surface area contributed by atoms with Crippen LogP contribution in [0.1, 0.15) is 16.4 Å². The van der Waals surface area contributed by atoms with Crippen molar-refractivity contribution in [2.45, 2.75) is 5.25 Å². The lowest BCUT2D eigenvalue weighted by atomic mass is 9.98. The van der Waals surface area contributed by atoms with Crippen LogP contribution >= 0.6 is 11.8 Å². The van der Waals surface area contributed by atoms with Gasteiger partial charge in [0.05, 0.1) is 5.25 Å². The summed E-state index contributed by atoms with van der Waals surface area (Å²) in [6.45, 7) is 0. The molecule has 0 amide bonds. The molecule has 0 spiro atoms. The van der Waals surface area contributed by atoms with Gasteiger partial charge in [0.15, 0.2) is 0 Å². The number of nitriles is 1. The highest BCUT2D eigenvalue weighted by Gasteiger charge is 2.16. The Balaban J connectivity index is 2.18. The molecule has 0 aliphatic heterocycles. The van der Waals surface area contributed by atoms with Gasteiger partial charge in [0.2, 0.25) is 0 Å². The van der Waals surface area contributed by atoms with Gasteiger partial charge in [-0.25, -0.2) is 0 Å². The molecule has 0 N–H and O–H groups in total. The first-order chi connectivity index (χ1) is 9.90. The topological polar surface area (TPSA) is 23.8 Å². The quantitative estimate of drug-likeness (QED) is 0.618. The lowest BCUT2D eigenvalue weighted by molar-refractivity contribution is 1.18. The maximum Gasteiger partial charge on any atom is 0.134 e. The summed E-state index contributed by atoms with van der Waals surface area (Å²) in [5, 5.41) is 13.9. The van der Waals surface area contributed by atoms with E-state index in [1.165, 1.54) is 28.1 Å².